The summed E-state index contributed by atoms with van der Waals surface area (Å²) >= 11 is 0. The summed E-state index contributed by atoms with van der Waals surface area (Å²) in [6.45, 7) is 0.345. The third-order valence-corrected chi connectivity index (χ3v) is 4.70. The van der Waals surface area contributed by atoms with Crippen LogP contribution in [0.1, 0.15) is 38.5 Å². The van der Waals surface area contributed by atoms with Gasteiger partial charge in [0.1, 0.15) is 6.54 Å². The van der Waals surface area contributed by atoms with Gasteiger partial charge in [0.2, 0.25) is 0 Å². The topological polar surface area (TPSA) is 81.1 Å². The summed E-state index contributed by atoms with van der Waals surface area (Å²) in [4.78, 5) is 27.0. The summed E-state index contributed by atoms with van der Waals surface area (Å²) in [6.07, 6.45) is 4.99. The molecule has 2 bridgehead atoms. The van der Waals surface area contributed by atoms with E-state index in [0.29, 0.717) is 25.3 Å². The van der Waals surface area contributed by atoms with E-state index in [1.54, 1.807) is 0 Å². The highest BCUT2D eigenvalue weighted by Crippen LogP contribution is 2.37. The Bertz CT molecular complexity index is 396. The number of hydrogen-bond donors (Lipinski definition) is 2. The smallest absolute Gasteiger partial charge is 0.323 e. The Labute approximate surface area is 118 Å². The van der Waals surface area contributed by atoms with E-state index in [9.17, 15) is 14.7 Å². The average molecular weight is 282 g/mol. The van der Waals surface area contributed by atoms with E-state index in [0.717, 1.165) is 25.7 Å². The SMILES string of the molecule is O=C(O)CN(CC1CC1)C(=O)N1C2CCC1CC(O)C2. The highest BCUT2D eigenvalue weighted by Gasteiger charge is 2.44. The molecule has 3 fully saturated rings. The first-order chi connectivity index (χ1) is 9.54. The lowest BCUT2D eigenvalue weighted by Crippen LogP contribution is -2.54. The van der Waals surface area contributed by atoms with Crippen LogP contribution in [0.4, 0.5) is 4.79 Å². The van der Waals surface area contributed by atoms with Crippen LogP contribution in [-0.2, 0) is 4.79 Å². The van der Waals surface area contributed by atoms with Crippen molar-refractivity contribution in [2.45, 2.75) is 56.7 Å². The molecule has 3 rings (SSSR count). The van der Waals surface area contributed by atoms with Gasteiger partial charge in [-0.25, -0.2) is 4.79 Å². The fraction of sp³-hybridized carbons (Fsp3) is 0.857. The molecule has 0 spiro atoms. The molecule has 2 unspecified atom stereocenters. The maximum atomic E-state index is 12.7. The zero-order valence-electron chi connectivity index (χ0n) is 11.6. The number of aliphatic hydroxyl groups excluding tert-OH is 1. The number of rotatable bonds is 4. The molecule has 2 heterocycles. The number of hydrogen-bond acceptors (Lipinski definition) is 3. The van der Waals surface area contributed by atoms with Crippen LogP contribution < -0.4 is 0 Å². The first kappa shape index (κ1) is 13.7. The summed E-state index contributed by atoms with van der Waals surface area (Å²) in [5, 5.41) is 18.8. The number of carbonyl (C=O) groups excluding carboxylic acids is 1. The van der Waals surface area contributed by atoms with E-state index < -0.39 is 5.97 Å². The Morgan fingerprint density at radius 3 is 2.20 bits per heavy atom. The molecule has 2 atom stereocenters. The molecular weight excluding hydrogens is 260 g/mol. The van der Waals surface area contributed by atoms with Crippen LogP contribution in [0.3, 0.4) is 0 Å². The number of aliphatic carboxylic acids is 1. The second kappa shape index (κ2) is 5.24. The number of amides is 2. The molecule has 6 nitrogen and oxygen atoms in total. The summed E-state index contributed by atoms with van der Waals surface area (Å²) in [5.74, 6) is -0.477. The second-order valence-electron chi connectivity index (χ2n) is 6.42. The van der Waals surface area contributed by atoms with Gasteiger partial charge in [-0.1, -0.05) is 0 Å². The lowest BCUT2D eigenvalue weighted by atomic mass is 10.0. The molecule has 3 aliphatic rings. The number of carboxylic acids is 1. The summed E-state index contributed by atoms with van der Waals surface area (Å²) in [7, 11) is 0. The third-order valence-electron chi connectivity index (χ3n) is 4.70. The van der Waals surface area contributed by atoms with Gasteiger partial charge in [0.25, 0.3) is 0 Å². The average Bonchev–Trinajstić information content (AvgIpc) is 3.13. The van der Waals surface area contributed by atoms with Crippen LogP contribution in [0, 0.1) is 5.92 Å². The zero-order valence-corrected chi connectivity index (χ0v) is 11.6. The van der Waals surface area contributed by atoms with Crippen molar-refractivity contribution in [3.05, 3.63) is 0 Å². The molecule has 2 amide bonds. The van der Waals surface area contributed by atoms with Gasteiger partial charge in [0.05, 0.1) is 6.10 Å². The standard InChI is InChI=1S/C14H22N2O4/c17-12-5-10-3-4-11(6-12)16(10)14(20)15(8-13(18)19)7-9-1-2-9/h9-12,17H,1-8H2,(H,18,19). The van der Waals surface area contributed by atoms with Gasteiger partial charge in [-0.2, -0.15) is 0 Å². The number of carboxylic acid groups (broad SMARTS) is 1. The number of carbonyl (C=O) groups is 2. The predicted molar refractivity (Wildman–Crippen MR) is 71.2 cm³/mol. The first-order valence-corrected chi connectivity index (χ1v) is 7.51. The van der Waals surface area contributed by atoms with E-state index in [1.165, 1.54) is 4.90 Å². The molecule has 2 aliphatic heterocycles. The van der Waals surface area contributed by atoms with Crippen molar-refractivity contribution in [3.63, 3.8) is 0 Å². The minimum atomic E-state index is -0.955. The number of fused-ring (bicyclic) bond motifs is 2. The number of urea groups is 1. The number of nitrogens with zero attached hydrogens (tertiary/aromatic N) is 2. The Balaban J connectivity index is 1.70. The molecule has 0 radical (unpaired) electrons. The van der Waals surface area contributed by atoms with Crippen molar-refractivity contribution in [3.8, 4) is 0 Å². The molecule has 2 N–H and O–H groups in total. The van der Waals surface area contributed by atoms with E-state index in [1.807, 2.05) is 4.90 Å². The normalized spacial score (nSPS) is 32.2. The molecule has 0 aromatic carbocycles. The molecule has 0 aromatic rings. The Kier molecular flexibility index (Phi) is 3.58. The maximum Gasteiger partial charge on any atom is 0.323 e. The lowest BCUT2D eigenvalue weighted by Gasteiger charge is -2.40. The molecule has 2 saturated heterocycles. The van der Waals surface area contributed by atoms with Crippen molar-refractivity contribution in [1.29, 1.82) is 0 Å². The van der Waals surface area contributed by atoms with Gasteiger partial charge in [0.15, 0.2) is 0 Å². The van der Waals surface area contributed by atoms with E-state index >= 15 is 0 Å². The first-order valence-electron chi connectivity index (χ1n) is 7.51. The molecule has 0 aromatic heterocycles. The zero-order chi connectivity index (χ0) is 14.3. The highest BCUT2D eigenvalue weighted by molar-refractivity contribution is 5.81. The van der Waals surface area contributed by atoms with Gasteiger partial charge in [-0.05, 0) is 44.4 Å². The lowest BCUT2D eigenvalue weighted by molar-refractivity contribution is -0.137. The quantitative estimate of drug-likeness (QED) is 0.802. The largest absolute Gasteiger partial charge is 0.480 e. The van der Waals surface area contributed by atoms with Gasteiger partial charge in [0, 0.05) is 18.6 Å². The maximum absolute atomic E-state index is 12.7. The van der Waals surface area contributed by atoms with Crippen LogP contribution in [-0.4, -0.2) is 63.3 Å². The fourth-order valence-electron chi connectivity index (χ4n) is 3.61. The van der Waals surface area contributed by atoms with Crippen molar-refractivity contribution < 1.29 is 19.8 Å². The van der Waals surface area contributed by atoms with Crippen LogP contribution in [0.25, 0.3) is 0 Å². The molecule has 112 valence electrons. The van der Waals surface area contributed by atoms with Gasteiger partial charge in [-0.15, -0.1) is 0 Å². The summed E-state index contributed by atoms with van der Waals surface area (Å²) < 4.78 is 0. The van der Waals surface area contributed by atoms with Crippen molar-refractivity contribution in [2.75, 3.05) is 13.1 Å². The minimum Gasteiger partial charge on any atom is -0.480 e. The summed E-state index contributed by atoms with van der Waals surface area (Å²) in [6, 6.07) is 0.0391. The number of piperidine rings is 1. The highest BCUT2D eigenvalue weighted by atomic mass is 16.4. The molecular formula is C14H22N2O4. The van der Waals surface area contributed by atoms with E-state index in [4.69, 9.17) is 5.11 Å². The fourth-order valence-corrected chi connectivity index (χ4v) is 3.61. The van der Waals surface area contributed by atoms with E-state index in [-0.39, 0.29) is 30.8 Å². The molecule has 1 saturated carbocycles. The molecule has 1 aliphatic carbocycles. The van der Waals surface area contributed by atoms with Gasteiger partial charge in [-0.3, -0.25) is 4.79 Å². The van der Waals surface area contributed by atoms with Crippen LogP contribution in [0.2, 0.25) is 0 Å². The molecule has 20 heavy (non-hydrogen) atoms. The second-order valence-corrected chi connectivity index (χ2v) is 6.42. The van der Waals surface area contributed by atoms with Crippen molar-refractivity contribution in [2.24, 2.45) is 5.92 Å². The minimum absolute atomic E-state index is 0.0896. The molecule has 6 heteroatoms. The van der Waals surface area contributed by atoms with Crippen molar-refractivity contribution >= 4 is 12.0 Å². The monoisotopic (exact) mass is 282 g/mol. The van der Waals surface area contributed by atoms with Crippen molar-refractivity contribution in [1.82, 2.24) is 9.80 Å². The van der Waals surface area contributed by atoms with Gasteiger partial charge >= 0.3 is 12.0 Å². The van der Waals surface area contributed by atoms with E-state index in [2.05, 4.69) is 0 Å². The van der Waals surface area contributed by atoms with Crippen LogP contribution >= 0.6 is 0 Å². The predicted octanol–water partition coefficient (Wildman–Crippen LogP) is 0.891. The third kappa shape index (κ3) is 2.75. The Hall–Kier alpha value is -1.30. The Morgan fingerprint density at radius 2 is 1.70 bits per heavy atom. The van der Waals surface area contributed by atoms with Gasteiger partial charge < -0.3 is 20.0 Å². The number of aliphatic hydroxyl groups is 1. The summed E-state index contributed by atoms with van der Waals surface area (Å²) in [5.41, 5.74) is 0. The Morgan fingerprint density at radius 1 is 1.10 bits per heavy atom. The van der Waals surface area contributed by atoms with Crippen LogP contribution in [0.5, 0.6) is 0 Å². The van der Waals surface area contributed by atoms with Crippen LogP contribution in [0.15, 0.2) is 0 Å².